The summed E-state index contributed by atoms with van der Waals surface area (Å²) >= 11 is 0. The Labute approximate surface area is 97.5 Å². The average Bonchev–Trinajstić information content (AvgIpc) is 2.96. The van der Waals surface area contributed by atoms with Gasteiger partial charge in [0.15, 0.2) is 0 Å². The molecular weight excluding hydrogens is 204 g/mol. The highest BCUT2D eigenvalue weighted by Crippen LogP contribution is 2.27. The molecule has 0 aromatic carbocycles. The quantitative estimate of drug-likeness (QED) is 0.624. The molecule has 4 unspecified atom stereocenters. The second-order valence-electron chi connectivity index (χ2n) is 5.11. The molecule has 4 heteroatoms. The van der Waals surface area contributed by atoms with Gasteiger partial charge in [0.2, 0.25) is 0 Å². The lowest BCUT2D eigenvalue weighted by atomic mass is 9.96. The molecule has 1 saturated carbocycles. The molecule has 0 radical (unpaired) electrons. The molecule has 4 N–H and O–H groups in total. The lowest BCUT2D eigenvalue weighted by Gasteiger charge is -2.28. The second-order valence-corrected chi connectivity index (χ2v) is 5.11. The van der Waals surface area contributed by atoms with Crippen molar-refractivity contribution in [2.75, 3.05) is 26.4 Å². The van der Waals surface area contributed by atoms with Gasteiger partial charge in [-0.2, -0.15) is 0 Å². The van der Waals surface area contributed by atoms with E-state index in [4.69, 9.17) is 10.5 Å². The van der Waals surface area contributed by atoms with Gasteiger partial charge in [-0.25, -0.2) is 0 Å². The number of rotatable bonds is 5. The Hall–Kier alpha value is -0.160. The number of hydrogen-bond acceptors (Lipinski definition) is 4. The van der Waals surface area contributed by atoms with Crippen LogP contribution in [0.3, 0.4) is 0 Å². The van der Waals surface area contributed by atoms with Gasteiger partial charge in [-0.1, -0.05) is 6.42 Å². The van der Waals surface area contributed by atoms with Crippen LogP contribution in [0.2, 0.25) is 0 Å². The van der Waals surface area contributed by atoms with Crippen molar-refractivity contribution < 1.29 is 9.84 Å². The molecule has 2 aliphatic rings. The molecule has 2 rings (SSSR count). The topological polar surface area (TPSA) is 67.5 Å². The van der Waals surface area contributed by atoms with Gasteiger partial charge in [-0.15, -0.1) is 0 Å². The first-order valence-electron chi connectivity index (χ1n) is 6.50. The summed E-state index contributed by atoms with van der Waals surface area (Å²) < 4.78 is 5.41. The first kappa shape index (κ1) is 12.3. The van der Waals surface area contributed by atoms with Crippen molar-refractivity contribution in [1.82, 2.24) is 5.32 Å². The largest absolute Gasteiger partial charge is 0.396 e. The van der Waals surface area contributed by atoms with Crippen LogP contribution in [-0.4, -0.2) is 43.6 Å². The molecule has 1 heterocycles. The van der Waals surface area contributed by atoms with Gasteiger partial charge in [0, 0.05) is 37.8 Å². The van der Waals surface area contributed by atoms with E-state index in [1.807, 2.05) is 0 Å². The van der Waals surface area contributed by atoms with Crippen molar-refractivity contribution in [3.8, 4) is 0 Å². The minimum Gasteiger partial charge on any atom is -0.396 e. The molecule has 0 aromatic heterocycles. The van der Waals surface area contributed by atoms with Crippen LogP contribution >= 0.6 is 0 Å². The van der Waals surface area contributed by atoms with Crippen LogP contribution in [0.25, 0.3) is 0 Å². The maximum atomic E-state index is 9.29. The summed E-state index contributed by atoms with van der Waals surface area (Å²) in [6.07, 6.45) is 4.66. The first-order chi connectivity index (χ1) is 7.85. The van der Waals surface area contributed by atoms with E-state index >= 15 is 0 Å². The van der Waals surface area contributed by atoms with Crippen molar-refractivity contribution in [1.29, 1.82) is 0 Å². The molecule has 16 heavy (non-hydrogen) atoms. The molecule has 94 valence electrons. The monoisotopic (exact) mass is 228 g/mol. The third-order valence-electron chi connectivity index (χ3n) is 4.11. The van der Waals surface area contributed by atoms with Crippen molar-refractivity contribution in [2.45, 2.75) is 37.8 Å². The normalized spacial score (nSPS) is 36.8. The first-order valence-corrected chi connectivity index (χ1v) is 6.50. The summed E-state index contributed by atoms with van der Waals surface area (Å²) in [6.45, 7) is 2.68. The summed E-state index contributed by atoms with van der Waals surface area (Å²) in [5.74, 6) is 0.987. The zero-order valence-corrected chi connectivity index (χ0v) is 9.90. The van der Waals surface area contributed by atoms with E-state index in [1.165, 1.54) is 12.8 Å². The van der Waals surface area contributed by atoms with E-state index in [0.29, 0.717) is 37.1 Å². The molecule has 0 amide bonds. The fourth-order valence-corrected chi connectivity index (χ4v) is 3.02. The SMILES string of the molecule is NCC(NC1CCCC1CO)C1CCOC1. The van der Waals surface area contributed by atoms with Crippen LogP contribution < -0.4 is 11.1 Å². The molecule has 2 fully saturated rings. The highest BCUT2D eigenvalue weighted by Gasteiger charge is 2.31. The van der Waals surface area contributed by atoms with Crippen LogP contribution in [-0.2, 0) is 4.74 Å². The van der Waals surface area contributed by atoms with E-state index in [0.717, 1.165) is 26.1 Å². The molecule has 0 spiro atoms. The highest BCUT2D eigenvalue weighted by molar-refractivity contribution is 4.89. The third-order valence-corrected chi connectivity index (χ3v) is 4.11. The van der Waals surface area contributed by atoms with Crippen molar-refractivity contribution >= 4 is 0 Å². The van der Waals surface area contributed by atoms with Crippen LogP contribution in [0.1, 0.15) is 25.7 Å². The van der Waals surface area contributed by atoms with Crippen molar-refractivity contribution in [3.63, 3.8) is 0 Å². The van der Waals surface area contributed by atoms with Gasteiger partial charge in [0.05, 0.1) is 6.61 Å². The Morgan fingerprint density at radius 3 is 2.88 bits per heavy atom. The third kappa shape index (κ3) is 2.74. The Balaban J connectivity index is 1.85. The summed E-state index contributed by atoms with van der Waals surface area (Å²) in [7, 11) is 0. The standard InChI is InChI=1S/C12H24N2O2/c13-6-12(10-4-5-16-8-10)14-11-3-1-2-9(11)7-15/h9-12,14-15H,1-8,13H2. The average molecular weight is 228 g/mol. The van der Waals surface area contributed by atoms with E-state index in [2.05, 4.69) is 5.32 Å². The number of aliphatic hydroxyl groups excluding tert-OH is 1. The summed E-state index contributed by atoms with van der Waals surface area (Å²) in [5, 5.41) is 12.9. The van der Waals surface area contributed by atoms with Gasteiger partial charge in [-0.3, -0.25) is 0 Å². The Morgan fingerprint density at radius 2 is 2.25 bits per heavy atom. The van der Waals surface area contributed by atoms with Gasteiger partial charge < -0.3 is 20.9 Å². The van der Waals surface area contributed by atoms with Gasteiger partial charge >= 0.3 is 0 Å². The fraction of sp³-hybridized carbons (Fsp3) is 1.00. The molecule has 1 aliphatic heterocycles. The van der Waals surface area contributed by atoms with E-state index in [9.17, 15) is 5.11 Å². The van der Waals surface area contributed by atoms with Crippen LogP contribution in [0.15, 0.2) is 0 Å². The molecule has 0 aromatic rings. The maximum Gasteiger partial charge on any atom is 0.0510 e. The zero-order chi connectivity index (χ0) is 11.4. The molecule has 4 atom stereocenters. The molecular formula is C12H24N2O2. The summed E-state index contributed by atoms with van der Waals surface area (Å²) in [5.41, 5.74) is 5.84. The predicted molar refractivity (Wildman–Crippen MR) is 63.1 cm³/mol. The summed E-state index contributed by atoms with van der Waals surface area (Å²) in [6, 6.07) is 0.818. The predicted octanol–water partition coefficient (Wildman–Crippen LogP) is 0.101. The Morgan fingerprint density at radius 1 is 1.38 bits per heavy atom. The minimum atomic E-state index is 0.302. The number of hydrogen-bond donors (Lipinski definition) is 3. The highest BCUT2D eigenvalue weighted by atomic mass is 16.5. The number of nitrogens with one attached hydrogen (secondary N) is 1. The van der Waals surface area contributed by atoms with E-state index < -0.39 is 0 Å². The number of ether oxygens (including phenoxy) is 1. The van der Waals surface area contributed by atoms with Gasteiger partial charge in [0.1, 0.15) is 0 Å². The van der Waals surface area contributed by atoms with Crippen molar-refractivity contribution in [3.05, 3.63) is 0 Å². The van der Waals surface area contributed by atoms with Crippen LogP contribution in [0, 0.1) is 11.8 Å². The van der Waals surface area contributed by atoms with E-state index in [1.54, 1.807) is 0 Å². The molecule has 1 saturated heterocycles. The van der Waals surface area contributed by atoms with Crippen LogP contribution in [0.4, 0.5) is 0 Å². The fourth-order valence-electron chi connectivity index (χ4n) is 3.02. The zero-order valence-electron chi connectivity index (χ0n) is 9.90. The molecule has 0 bridgehead atoms. The second kappa shape index (κ2) is 5.96. The maximum absolute atomic E-state index is 9.29. The Bertz CT molecular complexity index is 207. The minimum absolute atomic E-state index is 0.302. The smallest absolute Gasteiger partial charge is 0.0510 e. The van der Waals surface area contributed by atoms with Gasteiger partial charge in [0.25, 0.3) is 0 Å². The number of nitrogens with two attached hydrogens (primary N) is 1. The number of aliphatic hydroxyl groups is 1. The lowest BCUT2D eigenvalue weighted by molar-refractivity contribution is 0.165. The Kier molecular flexibility index (Phi) is 4.58. The van der Waals surface area contributed by atoms with E-state index in [-0.39, 0.29) is 0 Å². The van der Waals surface area contributed by atoms with Crippen LogP contribution in [0.5, 0.6) is 0 Å². The molecule has 4 nitrogen and oxygen atoms in total. The summed E-state index contributed by atoms with van der Waals surface area (Å²) in [4.78, 5) is 0. The van der Waals surface area contributed by atoms with Gasteiger partial charge in [-0.05, 0) is 25.2 Å². The molecule has 1 aliphatic carbocycles. The lowest BCUT2D eigenvalue weighted by Crippen LogP contribution is -2.49. The van der Waals surface area contributed by atoms with Crippen molar-refractivity contribution in [2.24, 2.45) is 17.6 Å².